The van der Waals surface area contributed by atoms with Crippen LogP contribution in [0.4, 0.5) is 0 Å². The minimum atomic E-state index is -0.774. The summed E-state index contributed by atoms with van der Waals surface area (Å²) >= 11 is 1.55. The van der Waals surface area contributed by atoms with E-state index in [1.54, 1.807) is 18.7 Å². The zero-order valence-electron chi connectivity index (χ0n) is 10.8. The Morgan fingerprint density at radius 1 is 1.50 bits per heavy atom. The maximum absolute atomic E-state index is 12.1. The molecule has 98 valence electrons. The second-order valence-corrected chi connectivity index (χ2v) is 5.86. The fourth-order valence-corrected chi connectivity index (χ4v) is 2.63. The fraction of sp³-hybridized carbons (Fsp3) is 0.500. The number of hydrogen-bond donors (Lipinski definition) is 2. The van der Waals surface area contributed by atoms with E-state index in [0.29, 0.717) is 18.0 Å². The summed E-state index contributed by atoms with van der Waals surface area (Å²) in [6, 6.07) is 7.52. The highest BCUT2D eigenvalue weighted by molar-refractivity contribution is 7.98. The summed E-state index contributed by atoms with van der Waals surface area (Å²) in [4.78, 5) is 13.0. The molecule has 0 spiro atoms. The molecule has 1 amide bonds. The van der Waals surface area contributed by atoms with Gasteiger partial charge < -0.3 is 10.4 Å². The molecule has 0 unspecified atom stereocenters. The highest BCUT2D eigenvalue weighted by atomic mass is 32.2. The van der Waals surface area contributed by atoms with Gasteiger partial charge in [0, 0.05) is 11.4 Å². The van der Waals surface area contributed by atoms with Gasteiger partial charge >= 0.3 is 0 Å². The van der Waals surface area contributed by atoms with Crippen LogP contribution < -0.4 is 5.32 Å². The van der Waals surface area contributed by atoms with Gasteiger partial charge in [-0.05, 0) is 44.1 Å². The van der Waals surface area contributed by atoms with Gasteiger partial charge in [-0.15, -0.1) is 11.8 Å². The first-order valence-electron chi connectivity index (χ1n) is 6.18. The Balaban J connectivity index is 1.99. The van der Waals surface area contributed by atoms with Crippen LogP contribution in [-0.2, 0) is 0 Å². The van der Waals surface area contributed by atoms with Crippen LogP contribution >= 0.6 is 11.8 Å². The Labute approximate surface area is 112 Å². The van der Waals surface area contributed by atoms with Crippen molar-refractivity contribution < 1.29 is 9.90 Å². The summed E-state index contributed by atoms with van der Waals surface area (Å²) in [6.07, 6.45) is 4.07. The quantitative estimate of drug-likeness (QED) is 0.803. The third kappa shape index (κ3) is 3.06. The smallest absolute Gasteiger partial charge is 0.252 e. The summed E-state index contributed by atoms with van der Waals surface area (Å²) in [5.41, 5.74) is -0.0964. The Hall–Kier alpha value is -1.00. The van der Waals surface area contributed by atoms with Crippen molar-refractivity contribution in [2.75, 3.05) is 12.8 Å². The van der Waals surface area contributed by atoms with Gasteiger partial charge in [0.2, 0.25) is 0 Å². The van der Waals surface area contributed by atoms with Gasteiger partial charge in [-0.1, -0.05) is 12.1 Å². The van der Waals surface area contributed by atoms with E-state index in [2.05, 4.69) is 5.32 Å². The number of thioether (sulfide) groups is 1. The molecule has 0 aliphatic heterocycles. The molecule has 0 bridgehead atoms. The van der Waals surface area contributed by atoms with E-state index in [-0.39, 0.29) is 5.91 Å². The summed E-state index contributed by atoms with van der Waals surface area (Å²) in [5.74, 6) is 0.231. The van der Waals surface area contributed by atoms with Gasteiger partial charge in [-0.3, -0.25) is 4.79 Å². The molecule has 18 heavy (non-hydrogen) atoms. The number of carbonyl (C=O) groups excluding carboxylic acids is 1. The van der Waals surface area contributed by atoms with Crippen molar-refractivity contribution in [3.8, 4) is 0 Å². The lowest BCUT2D eigenvalue weighted by molar-refractivity contribution is 0.0354. The third-order valence-electron chi connectivity index (χ3n) is 3.42. The van der Waals surface area contributed by atoms with Crippen molar-refractivity contribution in [1.82, 2.24) is 5.32 Å². The van der Waals surface area contributed by atoms with E-state index in [9.17, 15) is 9.90 Å². The van der Waals surface area contributed by atoms with E-state index in [1.807, 2.05) is 30.5 Å². The average molecular weight is 265 g/mol. The molecular weight excluding hydrogens is 246 g/mol. The van der Waals surface area contributed by atoms with Crippen LogP contribution in [0.3, 0.4) is 0 Å². The fourth-order valence-electron chi connectivity index (χ4n) is 2.04. The van der Waals surface area contributed by atoms with Crippen molar-refractivity contribution >= 4 is 17.7 Å². The van der Waals surface area contributed by atoms with E-state index < -0.39 is 5.60 Å². The molecule has 2 rings (SSSR count). The number of hydrogen-bond acceptors (Lipinski definition) is 3. The molecule has 2 N–H and O–H groups in total. The first-order valence-corrected chi connectivity index (χ1v) is 7.40. The van der Waals surface area contributed by atoms with E-state index in [4.69, 9.17) is 0 Å². The van der Waals surface area contributed by atoms with Gasteiger partial charge in [-0.25, -0.2) is 0 Å². The van der Waals surface area contributed by atoms with Crippen molar-refractivity contribution in [2.24, 2.45) is 5.92 Å². The van der Waals surface area contributed by atoms with Crippen LogP contribution in [0, 0.1) is 5.92 Å². The van der Waals surface area contributed by atoms with Crippen molar-refractivity contribution in [2.45, 2.75) is 30.3 Å². The largest absolute Gasteiger partial charge is 0.388 e. The van der Waals surface area contributed by atoms with E-state index in [1.165, 1.54) is 0 Å². The predicted octanol–water partition coefficient (Wildman–Crippen LogP) is 2.30. The summed E-state index contributed by atoms with van der Waals surface area (Å²) in [5, 5.41) is 13.0. The molecule has 1 saturated carbocycles. The Morgan fingerprint density at radius 2 is 2.17 bits per heavy atom. The van der Waals surface area contributed by atoms with Crippen LogP contribution in [0.5, 0.6) is 0 Å². The van der Waals surface area contributed by atoms with E-state index in [0.717, 1.165) is 17.7 Å². The topological polar surface area (TPSA) is 49.3 Å². The molecule has 0 aromatic heterocycles. The van der Waals surface area contributed by atoms with Crippen molar-refractivity contribution in [3.05, 3.63) is 29.8 Å². The van der Waals surface area contributed by atoms with Crippen LogP contribution in [0.15, 0.2) is 29.2 Å². The second-order valence-electron chi connectivity index (χ2n) is 5.01. The normalized spacial score (nSPS) is 18.2. The third-order valence-corrected chi connectivity index (χ3v) is 4.21. The Kier molecular flexibility index (Phi) is 3.97. The maximum Gasteiger partial charge on any atom is 0.252 e. The molecular formula is C14H19NO2S. The van der Waals surface area contributed by atoms with Crippen LogP contribution in [0.1, 0.15) is 30.1 Å². The SMILES string of the molecule is CSc1ccccc1C(=O)NC[C@@](C)(O)C1CC1. The predicted molar refractivity (Wildman–Crippen MR) is 73.9 cm³/mol. The molecule has 1 aromatic rings. The summed E-state index contributed by atoms with van der Waals surface area (Å²) in [6.45, 7) is 2.12. The standard InChI is InChI=1S/C14H19NO2S/c1-14(17,10-7-8-10)9-15-13(16)11-5-3-4-6-12(11)18-2/h3-6,10,17H,7-9H2,1-2H3,(H,15,16)/t14-/m1/s1. The van der Waals surface area contributed by atoms with Crippen LogP contribution in [-0.4, -0.2) is 29.4 Å². The maximum atomic E-state index is 12.1. The molecule has 1 aliphatic rings. The number of benzene rings is 1. The molecule has 0 radical (unpaired) electrons. The monoisotopic (exact) mass is 265 g/mol. The lowest BCUT2D eigenvalue weighted by Gasteiger charge is -2.23. The van der Waals surface area contributed by atoms with Gasteiger partial charge in [0.05, 0.1) is 11.2 Å². The number of carbonyl (C=O) groups is 1. The van der Waals surface area contributed by atoms with E-state index >= 15 is 0 Å². The minimum Gasteiger partial charge on any atom is -0.388 e. The Bertz CT molecular complexity index is 441. The van der Waals surface area contributed by atoms with Gasteiger partial charge in [0.15, 0.2) is 0 Å². The van der Waals surface area contributed by atoms with Crippen LogP contribution in [0.2, 0.25) is 0 Å². The first kappa shape index (κ1) is 13.4. The molecule has 3 nitrogen and oxygen atoms in total. The number of rotatable bonds is 5. The molecule has 1 aromatic carbocycles. The summed E-state index contributed by atoms with van der Waals surface area (Å²) in [7, 11) is 0. The van der Waals surface area contributed by atoms with Crippen molar-refractivity contribution in [1.29, 1.82) is 0 Å². The summed E-state index contributed by atoms with van der Waals surface area (Å²) < 4.78 is 0. The lowest BCUT2D eigenvalue weighted by Crippen LogP contribution is -2.42. The zero-order valence-corrected chi connectivity index (χ0v) is 11.6. The highest BCUT2D eigenvalue weighted by Crippen LogP contribution is 2.39. The first-order chi connectivity index (χ1) is 8.54. The molecule has 0 saturated heterocycles. The van der Waals surface area contributed by atoms with Gasteiger partial charge in [0.25, 0.3) is 5.91 Å². The number of nitrogens with one attached hydrogen (secondary N) is 1. The van der Waals surface area contributed by atoms with Gasteiger partial charge in [0.1, 0.15) is 0 Å². The number of aliphatic hydroxyl groups is 1. The lowest BCUT2D eigenvalue weighted by atomic mass is 10.0. The highest BCUT2D eigenvalue weighted by Gasteiger charge is 2.40. The van der Waals surface area contributed by atoms with Gasteiger partial charge in [-0.2, -0.15) is 0 Å². The van der Waals surface area contributed by atoms with Crippen LogP contribution in [0.25, 0.3) is 0 Å². The Morgan fingerprint density at radius 3 is 2.78 bits per heavy atom. The molecule has 4 heteroatoms. The molecule has 1 aliphatic carbocycles. The number of amides is 1. The molecule has 1 atom stereocenters. The molecule has 1 fully saturated rings. The molecule has 0 heterocycles. The second kappa shape index (κ2) is 5.33. The minimum absolute atomic E-state index is 0.110. The average Bonchev–Trinajstić information content (AvgIpc) is 3.20. The van der Waals surface area contributed by atoms with Crippen molar-refractivity contribution in [3.63, 3.8) is 0 Å². The zero-order chi connectivity index (χ0) is 13.2.